The highest BCUT2D eigenvalue weighted by Crippen LogP contribution is 2.39. The predicted octanol–water partition coefficient (Wildman–Crippen LogP) is 3.42. The molecule has 1 saturated carbocycles. The molecule has 2 fully saturated rings. The average molecular weight is 695 g/mol. The number of benzene rings is 1. The van der Waals surface area contributed by atoms with E-state index < -0.39 is 58.7 Å². The van der Waals surface area contributed by atoms with E-state index in [9.17, 15) is 24.0 Å². The third kappa shape index (κ3) is 8.95. The molecule has 0 bridgehead atoms. The van der Waals surface area contributed by atoms with E-state index in [1.807, 2.05) is 19.1 Å². The molecule has 1 saturated heterocycles. The van der Waals surface area contributed by atoms with Gasteiger partial charge in [0, 0.05) is 35.4 Å². The zero-order valence-corrected chi connectivity index (χ0v) is 28.8. The van der Waals surface area contributed by atoms with Gasteiger partial charge in [-0.3, -0.25) is 34.5 Å². The highest BCUT2D eigenvalue weighted by atomic mass is 35.5. The maximum atomic E-state index is 14.5. The maximum absolute atomic E-state index is 14.5. The molecule has 2 aromatic rings. The first kappa shape index (κ1) is 35.8. The summed E-state index contributed by atoms with van der Waals surface area (Å²) in [6, 6.07) is 7.24. The lowest BCUT2D eigenvalue weighted by Crippen LogP contribution is -2.59. The summed E-state index contributed by atoms with van der Waals surface area (Å²) in [4.78, 5) is 78.7. The molecule has 3 aliphatic rings. The number of alkyl carbamates (subject to hydrolysis) is 1. The van der Waals surface area contributed by atoms with Crippen LogP contribution in [0.1, 0.15) is 70.9 Å². The molecule has 49 heavy (non-hydrogen) atoms. The van der Waals surface area contributed by atoms with Crippen molar-refractivity contribution in [3.63, 3.8) is 0 Å². The van der Waals surface area contributed by atoms with Gasteiger partial charge in [-0.1, -0.05) is 57.8 Å². The zero-order chi connectivity index (χ0) is 35.3. The molecule has 3 heterocycles. The number of amides is 4. The predicted molar refractivity (Wildman–Crippen MR) is 180 cm³/mol. The normalized spacial score (nSPS) is 21.3. The van der Waals surface area contributed by atoms with Gasteiger partial charge < -0.3 is 25.6 Å². The molecule has 4 amide bonds. The van der Waals surface area contributed by atoms with Crippen LogP contribution in [-0.2, 0) is 35.4 Å². The Morgan fingerprint density at radius 3 is 2.51 bits per heavy atom. The maximum Gasteiger partial charge on any atom is 0.408 e. The first-order valence-corrected chi connectivity index (χ1v) is 16.9. The summed E-state index contributed by atoms with van der Waals surface area (Å²) in [7, 11) is 0. The number of hydrogen-bond donors (Lipinski definition) is 4. The van der Waals surface area contributed by atoms with E-state index in [-0.39, 0.29) is 32.0 Å². The van der Waals surface area contributed by atoms with Gasteiger partial charge >= 0.3 is 6.09 Å². The number of nitrogens with one attached hydrogen (secondary N) is 4. The quantitative estimate of drug-likeness (QED) is 0.243. The van der Waals surface area contributed by atoms with Gasteiger partial charge in [-0.25, -0.2) is 4.79 Å². The lowest BCUT2D eigenvalue weighted by Gasteiger charge is -2.35. The van der Waals surface area contributed by atoms with Gasteiger partial charge in [0.15, 0.2) is 0 Å². The molecule has 0 unspecified atom stereocenters. The average Bonchev–Trinajstić information content (AvgIpc) is 3.66. The number of halogens is 1. The van der Waals surface area contributed by atoms with Gasteiger partial charge in [-0.2, -0.15) is 0 Å². The van der Waals surface area contributed by atoms with Crippen molar-refractivity contribution in [1.82, 2.24) is 31.3 Å². The molecule has 4 N–H and O–H groups in total. The Balaban J connectivity index is 1.40. The molecule has 5 rings (SSSR count). The number of nitrogens with zero attached hydrogens (tertiary/aromatic N) is 2. The van der Waals surface area contributed by atoms with E-state index in [0.717, 1.165) is 24.0 Å². The SMILES string of the molecule is CCC[C@H](NC(=O)[C@@H]1C[C@]2(C=C(c3cccc(Cl)c3)NO2)CN1C(=O)[C@@H](NC(=O)OCc1ccncc1)C(C)(C)C)C(=O)C(=O)NC1CC1. The Morgan fingerprint density at radius 1 is 1.12 bits per heavy atom. The minimum atomic E-state index is -1.13. The fourth-order valence-electron chi connectivity index (χ4n) is 5.89. The van der Waals surface area contributed by atoms with Crippen LogP contribution < -0.4 is 21.4 Å². The van der Waals surface area contributed by atoms with Crippen molar-refractivity contribution in [3.8, 4) is 0 Å². The van der Waals surface area contributed by atoms with Gasteiger partial charge in [0.05, 0.1) is 18.3 Å². The minimum Gasteiger partial charge on any atom is -0.445 e. The van der Waals surface area contributed by atoms with Crippen LogP contribution in [0, 0.1) is 5.41 Å². The summed E-state index contributed by atoms with van der Waals surface area (Å²) in [5.74, 6) is -2.63. The monoisotopic (exact) mass is 694 g/mol. The number of hydrogen-bond acceptors (Lipinski definition) is 9. The number of carbonyl (C=O) groups excluding carboxylic acids is 5. The summed E-state index contributed by atoms with van der Waals surface area (Å²) in [5, 5.41) is 8.68. The number of likely N-dealkylation sites (tertiary alicyclic amines) is 1. The molecule has 1 aliphatic carbocycles. The second-order valence-electron chi connectivity index (χ2n) is 13.9. The van der Waals surface area contributed by atoms with Crippen LogP contribution in [0.5, 0.6) is 0 Å². The number of ketones is 1. The summed E-state index contributed by atoms with van der Waals surface area (Å²) in [6.07, 6.45) is 6.58. The molecule has 1 aromatic heterocycles. The lowest BCUT2D eigenvalue weighted by molar-refractivity contribution is -0.144. The molecule has 0 radical (unpaired) electrons. The molecule has 2 aliphatic heterocycles. The Hall–Kier alpha value is -4.49. The molecular weight excluding hydrogens is 652 g/mol. The van der Waals surface area contributed by atoms with Gasteiger partial charge in [0.1, 0.15) is 24.3 Å². The van der Waals surface area contributed by atoms with E-state index >= 15 is 0 Å². The second kappa shape index (κ2) is 15.0. The van der Waals surface area contributed by atoms with Crippen LogP contribution >= 0.6 is 11.6 Å². The number of pyridine rings is 1. The Morgan fingerprint density at radius 2 is 1.86 bits per heavy atom. The van der Waals surface area contributed by atoms with Gasteiger partial charge in [0.25, 0.3) is 5.91 Å². The van der Waals surface area contributed by atoms with Crippen molar-refractivity contribution >= 4 is 46.9 Å². The smallest absolute Gasteiger partial charge is 0.408 e. The van der Waals surface area contributed by atoms with Crippen molar-refractivity contribution < 1.29 is 33.5 Å². The zero-order valence-electron chi connectivity index (χ0n) is 28.1. The summed E-state index contributed by atoms with van der Waals surface area (Å²) in [6.45, 7) is 7.14. The van der Waals surface area contributed by atoms with Gasteiger partial charge in [-0.05, 0) is 60.6 Å². The molecule has 4 atom stereocenters. The fraction of sp³-hybridized carbons (Fsp3) is 0.486. The Kier molecular flexibility index (Phi) is 10.9. The highest BCUT2D eigenvalue weighted by Gasteiger charge is 2.54. The van der Waals surface area contributed by atoms with Crippen LogP contribution in [-0.4, -0.2) is 75.8 Å². The number of rotatable bonds is 12. The van der Waals surface area contributed by atoms with Crippen LogP contribution in [0.3, 0.4) is 0 Å². The minimum absolute atomic E-state index is 0.0250. The van der Waals surface area contributed by atoms with Crippen molar-refractivity contribution in [1.29, 1.82) is 0 Å². The number of hydroxylamine groups is 1. The number of aromatic nitrogens is 1. The van der Waals surface area contributed by atoms with Gasteiger partial charge in [-0.15, -0.1) is 0 Å². The number of ether oxygens (including phenoxy) is 1. The van der Waals surface area contributed by atoms with E-state index in [1.54, 1.807) is 63.5 Å². The first-order valence-electron chi connectivity index (χ1n) is 16.5. The summed E-state index contributed by atoms with van der Waals surface area (Å²) in [5.41, 5.74) is 3.06. The van der Waals surface area contributed by atoms with Crippen LogP contribution in [0.15, 0.2) is 54.9 Å². The van der Waals surface area contributed by atoms with Crippen LogP contribution in [0.2, 0.25) is 5.02 Å². The molecular formula is C35H43ClN6O7. The van der Waals surface area contributed by atoms with E-state index in [4.69, 9.17) is 21.2 Å². The van der Waals surface area contributed by atoms with Crippen molar-refractivity contribution in [2.45, 2.75) is 96.2 Å². The lowest BCUT2D eigenvalue weighted by atomic mass is 9.85. The fourth-order valence-corrected chi connectivity index (χ4v) is 6.08. The summed E-state index contributed by atoms with van der Waals surface area (Å²) >= 11 is 6.23. The second-order valence-corrected chi connectivity index (χ2v) is 14.3. The topological polar surface area (TPSA) is 168 Å². The van der Waals surface area contributed by atoms with Crippen molar-refractivity contribution in [2.24, 2.45) is 5.41 Å². The van der Waals surface area contributed by atoms with E-state index in [1.165, 1.54) is 4.90 Å². The van der Waals surface area contributed by atoms with Crippen molar-refractivity contribution in [3.05, 3.63) is 71.0 Å². The van der Waals surface area contributed by atoms with Crippen LogP contribution in [0.25, 0.3) is 5.70 Å². The summed E-state index contributed by atoms with van der Waals surface area (Å²) < 4.78 is 5.41. The Bertz CT molecular complexity index is 1610. The van der Waals surface area contributed by atoms with Crippen LogP contribution in [0.4, 0.5) is 4.79 Å². The third-order valence-electron chi connectivity index (χ3n) is 8.69. The van der Waals surface area contributed by atoms with E-state index in [0.29, 0.717) is 17.1 Å². The van der Waals surface area contributed by atoms with Crippen molar-refractivity contribution in [2.75, 3.05) is 6.54 Å². The third-order valence-corrected chi connectivity index (χ3v) is 8.92. The largest absolute Gasteiger partial charge is 0.445 e. The first-order chi connectivity index (χ1) is 23.3. The molecule has 14 heteroatoms. The number of Topliss-reactive ketones (excluding diaryl/α,β-unsaturated/α-hetero) is 1. The van der Waals surface area contributed by atoms with Gasteiger partial charge in [0.2, 0.25) is 17.6 Å². The van der Waals surface area contributed by atoms with E-state index in [2.05, 4.69) is 26.4 Å². The highest BCUT2D eigenvalue weighted by molar-refractivity contribution is 6.38. The molecule has 1 spiro atoms. The molecule has 1 aromatic carbocycles. The number of carbonyl (C=O) groups is 5. The standard InChI is InChI=1S/C35H43ClN6O7/c1-5-7-25(28(43)31(45)38-24-10-11-24)39-30(44)27-18-35(17-26(41-49-35)22-8-6-9-23(36)16-22)20-42(27)32(46)29(34(2,3)4)40-33(47)48-19-21-12-14-37-15-13-21/h6,8-9,12-17,24-25,27,29,41H,5,7,10-11,18-20H2,1-4H3,(H,38,45)(H,39,44)(H,40,47)/t25-,27-,29+,35+/m0/s1. The molecule has 13 nitrogen and oxygen atoms in total. The Labute approximate surface area is 290 Å². The molecule has 262 valence electrons.